The third-order valence-electron chi connectivity index (χ3n) is 6.12. The molecule has 1 aliphatic rings. The molecule has 0 spiro atoms. The number of hydrogen-bond donors (Lipinski definition) is 2. The third kappa shape index (κ3) is 6.73. The first-order valence-corrected chi connectivity index (χ1v) is 15.6. The lowest BCUT2D eigenvalue weighted by molar-refractivity contribution is -0.118. The molecular weight excluding hydrogens is 562 g/mol. The Hall–Kier alpha value is -3.12. The fourth-order valence-electron chi connectivity index (χ4n) is 4.06. The van der Waals surface area contributed by atoms with Crippen LogP contribution in [0.15, 0.2) is 70.5 Å². The number of hydrogen-bond acceptors (Lipinski definition) is 6. The normalized spacial score (nSPS) is 13.4. The minimum Gasteiger partial charge on any atom is -0.483 e. The first kappa shape index (κ1) is 28.9. The van der Waals surface area contributed by atoms with Gasteiger partial charge in [-0.05, 0) is 85.0 Å². The van der Waals surface area contributed by atoms with Gasteiger partial charge in [-0.15, -0.1) is 0 Å². The van der Waals surface area contributed by atoms with Gasteiger partial charge in [0.25, 0.3) is 15.9 Å². The molecule has 208 valence electrons. The molecule has 0 aromatic heterocycles. The molecule has 1 heterocycles. The van der Waals surface area contributed by atoms with Crippen molar-refractivity contribution in [1.82, 2.24) is 4.72 Å². The van der Waals surface area contributed by atoms with Gasteiger partial charge in [-0.1, -0.05) is 31.5 Å². The number of fused-ring (bicyclic) bond motifs is 1. The molecule has 39 heavy (non-hydrogen) atoms. The lowest BCUT2D eigenvalue weighted by Gasteiger charge is -2.20. The number of sulfonamides is 2. The van der Waals surface area contributed by atoms with Crippen molar-refractivity contribution >= 4 is 48.9 Å². The molecule has 0 atom stereocenters. The molecule has 0 bridgehead atoms. The first-order chi connectivity index (χ1) is 18.4. The van der Waals surface area contributed by atoms with Gasteiger partial charge in [-0.2, -0.15) is 0 Å². The van der Waals surface area contributed by atoms with Crippen LogP contribution in [0.2, 0.25) is 5.02 Å². The van der Waals surface area contributed by atoms with Crippen LogP contribution in [0.5, 0.6) is 5.75 Å². The lowest BCUT2D eigenvalue weighted by atomic mass is 10.1. The Labute approximate surface area is 234 Å². The molecule has 0 fully saturated rings. The molecule has 0 radical (unpaired) electrons. The zero-order chi connectivity index (χ0) is 28.4. The second kappa shape index (κ2) is 11.5. The number of benzene rings is 3. The molecule has 0 unspecified atom stereocenters. The van der Waals surface area contributed by atoms with E-state index in [-0.39, 0.29) is 22.3 Å². The highest BCUT2D eigenvalue weighted by Crippen LogP contribution is 2.35. The minimum absolute atomic E-state index is 0.119. The SMILES string of the molecule is Cc1cc(S(=O)(=O)NCC(C)C)ccc1OCC(=O)Nc1ccc2c(c1)N(S(=O)(=O)c1ccc(Cl)cc1)CC2. The summed E-state index contributed by atoms with van der Waals surface area (Å²) in [4.78, 5) is 12.9. The molecule has 3 aromatic carbocycles. The number of ether oxygens (including phenoxy) is 1. The molecule has 0 saturated carbocycles. The summed E-state index contributed by atoms with van der Waals surface area (Å²) in [5.41, 5.74) is 2.35. The maximum atomic E-state index is 13.2. The van der Waals surface area contributed by atoms with Crippen molar-refractivity contribution in [3.05, 3.63) is 76.8 Å². The number of anilines is 2. The molecule has 3 aromatic rings. The minimum atomic E-state index is -3.80. The maximum absolute atomic E-state index is 13.2. The lowest BCUT2D eigenvalue weighted by Crippen LogP contribution is -2.29. The number of nitrogens with one attached hydrogen (secondary N) is 2. The van der Waals surface area contributed by atoms with Crippen molar-refractivity contribution in [1.29, 1.82) is 0 Å². The van der Waals surface area contributed by atoms with Crippen LogP contribution in [0.3, 0.4) is 0 Å². The second-order valence-corrected chi connectivity index (χ2v) is 13.7. The van der Waals surface area contributed by atoms with E-state index in [9.17, 15) is 21.6 Å². The molecule has 4 rings (SSSR count). The summed E-state index contributed by atoms with van der Waals surface area (Å²) in [5.74, 6) is 0.0977. The van der Waals surface area contributed by atoms with E-state index in [1.54, 1.807) is 25.1 Å². The third-order valence-corrected chi connectivity index (χ3v) is 9.62. The van der Waals surface area contributed by atoms with Gasteiger partial charge in [0.05, 0.1) is 15.5 Å². The van der Waals surface area contributed by atoms with Crippen molar-refractivity contribution in [3.8, 4) is 5.75 Å². The number of rotatable bonds is 10. The number of carbonyl (C=O) groups excluding carboxylic acids is 1. The van der Waals surface area contributed by atoms with Crippen LogP contribution in [0.25, 0.3) is 0 Å². The van der Waals surface area contributed by atoms with Crippen LogP contribution in [0.1, 0.15) is 25.0 Å². The van der Waals surface area contributed by atoms with Gasteiger partial charge in [0, 0.05) is 23.8 Å². The molecular formula is C27H30ClN3O6S2. The van der Waals surface area contributed by atoms with E-state index in [1.165, 1.54) is 46.8 Å². The highest BCUT2D eigenvalue weighted by Gasteiger charge is 2.31. The Morgan fingerprint density at radius 1 is 1.00 bits per heavy atom. The van der Waals surface area contributed by atoms with E-state index in [0.717, 1.165) is 5.56 Å². The van der Waals surface area contributed by atoms with Gasteiger partial charge < -0.3 is 10.1 Å². The van der Waals surface area contributed by atoms with Crippen LogP contribution >= 0.6 is 11.6 Å². The van der Waals surface area contributed by atoms with E-state index >= 15 is 0 Å². The summed E-state index contributed by atoms with van der Waals surface area (Å²) in [5, 5.41) is 3.18. The highest BCUT2D eigenvalue weighted by atomic mass is 35.5. The van der Waals surface area contributed by atoms with Crippen LogP contribution in [0, 0.1) is 12.8 Å². The topological polar surface area (TPSA) is 122 Å². The smallest absolute Gasteiger partial charge is 0.264 e. The van der Waals surface area contributed by atoms with E-state index in [1.807, 2.05) is 13.8 Å². The molecule has 2 N–H and O–H groups in total. The van der Waals surface area contributed by atoms with Crippen molar-refractivity contribution in [3.63, 3.8) is 0 Å². The summed E-state index contributed by atoms with van der Waals surface area (Å²) < 4.78 is 60.9. The van der Waals surface area contributed by atoms with Gasteiger partial charge >= 0.3 is 0 Å². The molecule has 1 aliphatic heterocycles. The van der Waals surface area contributed by atoms with Crippen molar-refractivity contribution in [2.24, 2.45) is 5.92 Å². The van der Waals surface area contributed by atoms with Gasteiger partial charge in [0.1, 0.15) is 5.75 Å². The average Bonchev–Trinajstić information content (AvgIpc) is 3.31. The Bertz CT molecular complexity index is 1590. The maximum Gasteiger partial charge on any atom is 0.264 e. The van der Waals surface area contributed by atoms with E-state index in [4.69, 9.17) is 16.3 Å². The van der Waals surface area contributed by atoms with Crippen LogP contribution in [-0.2, 0) is 31.3 Å². The summed E-state index contributed by atoms with van der Waals surface area (Å²) >= 11 is 5.91. The predicted molar refractivity (Wildman–Crippen MR) is 151 cm³/mol. The summed E-state index contributed by atoms with van der Waals surface area (Å²) in [6, 6.07) is 15.6. The van der Waals surface area contributed by atoms with Crippen LogP contribution in [-0.4, -0.2) is 42.4 Å². The number of nitrogens with zero attached hydrogens (tertiary/aromatic N) is 1. The van der Waals surface area contributed by atoms with E-state index in [0.29, 0.717) is 47.2 Å². The quantitative estimate of drug-likeness (QED) is 0.361. The Kier molecular flexibility index (Phi) is 8.55. The van der Waals surface area contributed by atoms with Gasteiger partial charge in [0.15, 0.2) is 6.61 Å². The fraction of sp³-hybridized carbons (Fsp3) is 0.296. The molecule has 9 nitrogen and oxygen atoms in total. The van der Waals surface area contributed by atoms with Crippen molar-refractivity contribution < 1.29 is 26.4 Å². The fourth-order valence-corrected chi connectivity index (χ4v) is 6.98. The van der Waals surface area contributed by atoms with Crippen molar-refractivity contribution in [2.75, 3.05) is 29.3 Å². The summed E-state index contributed by atoms with van der Waals surface area (Å²) in [6.07, 6.45) is 0.553. The first-order valence-electron chi connectivity index (χ1n) is 12.3. The van der Waals surface area contributed by atoms with E-state index in [2.05, 4.69) is 10.0 Å². The standard InChI is InChI=1S/C27H30ClN3O6S2/c1-18(2)16-29-38(33,34)24-10-11-26(19(3)14-24)37-17-27(32)30-22-7-4-20-12-13-31(25(20)15-22)39(35,36)23-8-5-21(28)6-9-23/h4-11,14-15,18,29H,12-13,16-17H2,1-3H3,(H,30,32). The van der Waals surface area contributed by atoms with E-state index < -0.39 is 26.0 Å². The van der Waals surface area contributed by atoms with Gasteiger partial charge in [-0.3, -0.25) is 9.10 Å². The largest absolute Gasteiger partial charge is 0.483 e. The summed E-state index contributed by atoms with van der Waals surface area (Å²) in [6.45, 7) is 5.83. The Morgan fingerprint density at radius 2 is 1.69 bits per heavy atom. The summed E-state index contributed by atoms with van der Waals surface area (Å²) in [7, 11) is -7.44. The van der Waals surface area contributed by atoms with Crippen molar-refractivity contribution in [2.45, 2.75) is 37.0 Å². The Balaban J connectivity index is 1.41. The van der Waals surface area contributed by atoms with Crippen LogP contribution < -0.4 is 19.1 Å². The Morgan fingerprint density at radius 3 is 2.36 bits per heavy atom. The van der Waals surface area contributed by atoms with Crippen LogP contribution in [0.4, 0.5) is 11.4 Å². The predicted octanol–water partition coefficient (Wildman–Crippen LogP) is 4.35. The number of halogens is 1. The molecule has 0 aliphatic carbocycles. The zero-order valence-corrected chi connectivity index (χ0v) is 24.2. The average molecular weight is 592 g/mol. The number of carbonyl (C=O) groups is 1. The highest BCUT2D eigenvalue weighted by molar-refractivity contribution is 7.92. The molecule has 1 amide bonds. The van der Waals surface area contributed by atoms with Gasteiger partial charge in [-0.25, -0.2) is 21.6 Å². The number of amides is 1. The zero-order valence-electron chi connectivity index (χ0n) is 21.8. The molecule has 0 saturated heterocycles. The second-order valence-electron chi connectivity index (χ2n) is 9.63. The van der Waals surface area contributed by atoms with Gasteiger partial charge in [0.2, 0.25) is 10.0 Å². The monoisotopic (exact) mass is 591 g/mol. The number of aryl methyl sites for hydroxylation is 1. The molecule has 12 heteroatoms.